The molecule has 3 heterocycles. The summed E-state index contributed by atoms with van der Waals surface area (Å²) in [6.45, 7) is 14.2. The molecule has 2 aliphatic carbocycles. The lowest BCUT2D eigenvalue weighted by atomic mass is 9.59. The van der Waals surface area contributed by atoms with E-state index in [0.717, 1.165) is 51.8 Å². The first-order chi connectivity index (χ1) is 20.5. The molecule has 7 nitrogen and oxygen atoms in total. The zero-order chi connectivity index (χ0) is 31.4. The van der Waals surface area contributed by atoms with Gasteiger partial charge in [0.05, 0.1) is 29.1 Å². The van der Waals surface area contributed by atoms with Gasteiger partial charge in [-0.15, -0.1) is 0 Å². The number of hydrogen-bond acceptors (Lipinski definition) is 5. The second-order valence-corrected chi connectivity index (χ2v) is 15.0. The summed E-state index contributed by atoms with van der Waals surface area (Å²) in [6, 6.07) is 11.9. The number of nitrogens with zero attached hydrogens (tertiary/aromatic N) is 2. The van der Waals surface area contributed by atoms with Gasteiger partial charge < -0.3 is 19.0 Å². The minimum absolute atomic E-state index is 0.206. The summed E-state index contributed by atoms with van der Waals surface area (Å²) in [5, 5.41) is 0. The summed E-state index contributed by atoms with van der Waals surface area (Å²) in [7, 11) is -0.568. The molecule has 1 aromatic heterocycles. The van der Waals surface area contributed by atoms with Gasteiger partial charge in [-0.25, -0.2) is 18.6 Å². The highest BCUT2D eigenvalue weighted by molar-refractivity contribution is 6.62. The number of carbonyl (C=O) groups excluding carboxylic acids is 1. The fraction of sp³-hybridized carbons (Fsp3) is 0.529. The number of fused-ring (bicyclic) bond motifs is 5. The molecule has 2 aliphatic heterocycles. The van der Waals surface area contributed by atoms with E-state index in [4.69, 9.17) is 14.0 Å². The SMILES string of the molecule is CC(C)(C)OC(=O)N1CCC[C@H]1c1ncc(-c2ccc3c(c2)C2(CC(F)(F)C2)c2cc(B4OC(C)(C)C(C)(C)O4)ccc2-3)[nH]1. The van der Waals surface area contributed by atoms with Crippen LogP contribution in [0, 0.1) is 0 Å². The number of alkyl halides is 2. The first kappa shape index (κ1) is 29.5. The number of aromatic amines is 1. The number of hydrogen-bond donors (Lipinski definition) is 1. The van der Waals surface area contributed by atoms with E-state index in [0.29, 0.717) is 12.4 Å². The first-order valence-corrected chi connectivity index (χ1v) is 15.6. The number of nitrogens with one attached hydrogen (secondary N) is 1. The van der Waals surface area contributed by atoms with Crippen LogP contribution in [0.15, 0.2) is 42.6 Å². The lowest BCUT2D eigenvalue weighted by molar-refractivity contribution is -0.112. The van der Waals surface area contributed by atoms with Crippen molar-refractivity contribution in [3.05, 3.63) is 59.5 Å². The maximum absolute atomic E-state index is 14.7. The Morgan fingerprint density at radius 2 is 1.66 bits per heavy atom. The smallest absolute Gasteiger partial charge is 0.444 e. The molecular weight excluding hydrogens is 563 g/mol. The van der Waals surface area contributed by atoms with E-state index >= 15 is 0 Å². The highest BCUT2D eigenvalue weighted by Crippen LogP contribution is 2.64. The van der Waals surface area contributed by atoms with Gasteiger partial charge in [0.1, 0.15) is 11.4 Å². The quantitative estimate of drug-likeness (QED) is 0.322. The van der Waals surface area contributed by atoms with Gasteiger partial charge in [0.2, 0.25) is 0 Å². The average Bonchev–Trinajstić information content (AvgIpc) is 3.67. The van der Waals surface area contributed by atoms with Gasteiger partial charge in [-0.3, -0.25) is 4.90 Å². The summed E-state index contributed by atoms with van der Waals surface area (Å²) in [5.41, 5.74) is 3.91. The second-order valence-electron chi connectivity index (χ2n) is 15.0. The Hall–Kier alpha value is -3.24. The van der Waals surface area contributed by atoms with Crippen molar-refractivity contribution in [3.8, 4) is 22.4 Å². The fourth-order valence-electron chi connectivity index (χ4n) is 7.26. The van der Waals surface area contributed by atoms with Crippen LogP contribution in [-0.4, -0.2) is 57.3 Å². The molecule has 0 unspecified atom stereocenters. The highest BCUT2D eigenvalue weighted by atomic mass is 19.3. The third-order valence-corrected chi connectivity index (χ3v) is 10.1. The summed E-state index contributed by atoms with van der Waals surface area (Å²) in [6.07, 6.45) is 2.59. The number of H-pyrrole nitrogens is 1. The molecule has 7 rings (SSSR count). The maximum Gasteiger partial charge on any atom is 0.494 e. The Balaban J connectivity index is 1.21. The van der Waals surface area contributed by atoms with Crippen LogP contribution < -0.4 is 5.46 Å². The number of benzene rings is 2. The van der Waals surface area contributed by atoms with Crippen molar-refractivity contribution >= 4 is 18.7 Å². The average molecular weight is 604 g/mol. The number of imidazole rings is 1. The summed E-state index contributed by atoms with van der Waals surface area (Å²) in [5.74, 6) is -2.03. The first-order valence-electron chi connectivity index (χ1n) is 15.6. The fourth-order valence-corrected chi connectivity index (χ4v) is 7.26. The van der Waals surface area contributed by atoms with Crippen molar-refractivity contribution in [2.24, 2.45) is 0 Å². The third kappa shape index (κ3) is 4.59. The Kier molecular flexibility index (Phi) is 6.29. The number of aromatic nitrogens is 2. The molecule has 4 aliphatic rings. The van der Waals surface area contributed by atoms with Gasteiger partial charge in [0.25, 0.3) is 5.92 Å². The molecule has 1 spiro atoms. The number of amides is 1. The van der Waals surface area contributed by atoms with Crippen molar-refractivity contribution in [3.63, 3.8) is 0 Å². The molecule has 1 amide bonds. The Bertz CT molecular complexity index is 1640. The zero-order valence-corrected chi connectivity index (χ0v) is 26.5. The van der Waals surface area contributed by atoms with Crippen LogP contribution in [0.5, 0.6) is 0 Å². The Morgan fingerprint density at radius 1 is 1.02 bits per heavy atom. The lowest BCUT2D eigenvalue weighted by Crippen LogP contribution is -2.49. The molecule has 1 atom stereocenters. The highest BCUT2D eigenvalue weighted by Gasteiger charge is 2.62. The molecule has 10 heteroatoms. The van der Waals surface area contributed by atoms with E-state index in [-0.39, 0.29) is 25.0 Å². The number of halogens is 2. The van der Waals surface area contributed by atoms with Crippen LogP contribution in [0.4, 0.5) is 13.6 Å². The van der Waals surface area contributed by atoms with Crippen molar-refractivity contribution in [1.82, 2.24) is 14.9 Å². The van der Waals surface area contributed by atoms with Gasteiger partial charge in [-0.1, -0.05) is 30.3 Å². The van der Waals surface area contributed by atoms with E-state index < -0.39 is 35.3 Å². The Labute approximate surface area is 257 Å². The Morgan fingerprint density at radius 3 is 2.30 bits per heavy atom. The van der Waals surface area contributed by atoms with Crippen molar-refractivity contribution in [1.29, 1.82) is 0 Å². The van der Waals surface area contributed by atoms with Crippen LogP contribution in [0.25, 0.3) is 22.4 Å². The molecule has 2 aromatic carbocycles. The van der Waals surface area contributed by atoms with Crippen LogP contribution in [-0.2, 0) is 19.5 Å². The molecule has 0 radical (unpaired) electrons. The van der Waals surface area contributed by atoms with Crippen molar-refractivity contribution < 1.29 is 27.6 Å². The summed E-state index contributed by atoms with van der Waals surface area (Å²) >= 11 is 0. The van der Waals surface area contributed by atoms with E-state index in [1.165, 1.54) is 0 Å². The molecule has 44 heavy (non-hydrogen) atoms. The van der Waals surface area contributed by atoms with Gasteiger partial charge in [0, 0.05) is 24.8 Å². The van der Waals surface area contributed by atoms with Gasteiger partial charge in [-0.2, -0.15) is 0 Å². The molecule has 0 bridgehead atoms. The maximum atomic E-state index is 14.7. The molecule has 232 valence electrons. The third-order valence-electron chi connectivity index (χ3n) is 10.1. The molecule has 1 N–H and O–H groups in total. The van der Waals surface area contributed by atoms with Crippen LogP contribution in [0.2, 0.25) is 0 Å². The molecular formula is C34H40BF2N3O4. The number of rotatable bonds is 3. The molecule has 2 saturated heterocycles. The molecule has 3 fully saturated rings. The van der Waals surface area contributed by atoms with Crippen LogP contribution >= 0.6 is 0 Å². The minimum Gasteiger partial charge on any atom is -0.444 e. The largest absolute Gasteiger partial charge is 0.494 e. The summed E-state index contributed by atoms with van der Waals surface area (Å²) in [4.78, 5) is 22.7. The predicted octanol–water partition coefficient (Wildman–Crippen LogP) is 7.14. The minimum atomic E-state index is -2.73. The van der Waals surface area contributed by atoms with Crippen molar-refractivity contribution in [2.75, 3.05) is 6.54 Å². The van der Waals surface area contributed by atoms with Crippen LogP contribution in [0.3, 0.4) is 0 Å². The van der Waals surface area contributed by atoms with Gasteiger partial charge >= 0.3 is 13.2 Å². The van der Waals surface area contributed by atoms with E-state index in [1.807, 2.05) is 84.9 Å². The van der Waals surface area contributed by atoms with Crippen LogP contribution in [0.1, 0.15) is 97.1 Å². The number of ether oxygens (including phenoxy) is 1. The molecule has 3 aromatic rings. The van der Waals surface area contributed by atoms with Crippen molar-refractivity contribution in [2.45, 2.75) is 108 Å². The number of likely N-dealkylation sites (tertiary alicyclic amines) is 1. The van der Waals surface area contributed by atoms with E-state index in [2.05, 4.69) is 9.97 Å². The molecule has 1 saturated carbocycles. The summed E-state index contributed by atoms with van der Waals surface area (Å²) < 4.78 is 47.7. The normalized spacial score (nSPS) is 23.9. The second kappa shape index (κ2) is 9.39. The zero-order valence-electron chi connectivity index (χ0n) is 26.5. The monoisotopic (exact) mass is 603 g/mol. The van der Waals surface area contributed by atoms with Gasteiger partial charge in [0.15, 0.2) is 0 Å². The standard InChI is InChI=1S/C34H40BF2N3O4/c1-30(2,3)42-29(41)40-14-8-9-27(40)28-38-17-26(39-28)20-10-12-22-23-13-11-21(35-43-31(4,5)32(6,7)44-35)16-25(23)33(24(22)15-20)18-34(36,37)19-33/h10-13,15-17,27H,8-9,14,18-19H2,1-7H3,(H,38,39)/t27-/m0/s1. The topological polar surface area (TPSA) is 76.7 Å². The van der Waals surface area contributed by atoms with Gasteiger partial charge in [-0.05, 0) is 101 Å². The van der Waals surface area contributed by atoms with E-state index in [1.54, 1.807) is 11.1 Å². The predicted molar refractivity (Wildman–Crippen MR) is 165 cm³/mol. The number of carbonyl (C=O) groups is 1. The lowest BCUT2D eigenvalue weighted by Gasteiger charge is -2.46. The van der Waals surface area contributed by atoms with E-state index in [9.17, 15) is 13.6 Å².